The van der Waals surface area contributed by atoms with E-state index in [0.29, 0.717) is 0 Å². The maximum atomic E-state index is 10.1. The van der Waals surface area contributed by atoms with Crippen molar-refractivity contribution < 1.29 is 9.84 Å². The Bertz CT molecular complexity index is 187. The molecule has 0 aromatic carbocycles. The first-order valence-electron chi connectivity index (χ1n) is 6.47. The molecule has 2 nitrogen and oxygen atoms in total. The van der Waals surface area contributed by atoms with Gasteiger partial charge in [-0.3, -0.25) is 0 Å². The third-order valence-corrected chi connectivity index (χ3v) is 4.39. The predicted molar refractivity (Wildman–Crippen MR) is 60.8 cm³/mol. The number of hydrogen-bond donors (Lipinski definition) is 1. The van der Waals surface area contributed by atoms with Crippen LogP contribution in [0.1, 0.15) is 57.8 Å². The van der Waals surface area contributed by atoms with Gasteiger partial charge in [0.25, 0.3) is 0 Å². The number of rotatable bonds is 5. The van der Waals surface area contributed by atoms with Gasteiger partial charge < -0.3 is 9.84 Å². The zero-order valence-electron chi connectivity index (χ0n) is 9.87. The van der Waals surface area contributed by atoms with Crippen LogP contribution in [0.25, 0.3) is 0 Å². The van der Waals surface area contributed by atoms with Gasteiger partial charge in [0.05, 0.1) is 11.7 Å². The average Bonchev–Trinajstić information content (AvgIpc) is 2.64. The number of hydrogen-bond acceptors (Lipinski definition) is 2. The molecular formula is C13H24O2. The minimum absolute atomic E-state index is 0.0397. The van der Waals surface area contributed by atoms with Crippen molar-refractivity contribution in [1.29, 1.82) is 0 Å². The van der Waals surface area contributed by atoms with Crippen molar-refractivity contribution in [3.63, 3.8) is 0 Å². The van der Waals surface area contributed by atoms with Gasteiger partial charge in [-0.05, 0) is 31.6 Å². The first-order valence-corrected chi connectivity index (χ1v) is 6.47. The van der Waals surface area contributed by atoms with Gasteiger partial charge in [-0.25, -0.2) is 0 Å². The Kier molecular flexibility index (Phi) is 3.68. The number of aliphatic hydroxyl groups excluding tert-OH is 1. The van der Waals surface area contributed by atoms with Gasteiger partial charge >= 0.3 is 0 Å². The Balaban J connectivity index is 1.73. The second-order valence-electron chi connectivity index (χ2n) is 5.48. The average molecular weight is 212 g/mol. The minimum atomic E-state index is -0.131. The zero-order valence-corrected chi connectivity index (χ0v) is 9.87. The zero-order chi connectivity index (χ0) is 10.7. The fourth-order valence-corrected chi connectivity index (χ4v) is 3.21. The van der Waals surface area contributed by atoms with Crippen LogP contribution in [0, 0.1) is 5.92 Å². The van der Waals surface area contributed by atoms with Crippen LogP contribution < -0.4 is 0 Å². The lowest BCUT2D eigenvalue weighted by molar-refractivity contribution is -0.101. The van der Waals surface area contributed by atoms with E-state index >= 15 is 0 Å². The lowest BCUT2D eigenvalue weighted by Gasteiger charge is -2.42. The standard InChI is InChI=1S/C13H24O2/c1-15-13(7-4-8-13)10-12(14)9-11-5-2-3-6-11/h11-12,14H,2-10H2,1H3. The largest absolute Gasteiger partial charge is 0.393 e. The molecular weight excluding hydrogens is 188 g/mol. The molecule has 2 fully saturated rings. The predicted octanol–water partition coefficient (Wildman–Crippen LogP) is 2.89. The summed E-state index contributed by atoms with van der Waals surface area (Å²) in [7, 11) is 1.79. The molecule has 15 heavy (non-hydrogen) atoms. The molecule has 0 aliphatic heterocycles. The van der Waals surface area contributed by atoms with Crippen molar-refractivity contribution in [3.05, 3.63) is 0 Å². The highest BCUT2D eigenvalue weighted by molar-refractivity contribution is 4.91. The SMILES string of the molecule is COC1(CC(O)CC2CCCC2)CCC1. The van der Waals surface area contributed by atoms with Gasteiger partial charge in [0.2, 0.25) is 0 Å². The highest BCUT2D eigenvalue weighted by Crippen LogP contribution is 2.40. The second kappa shape index (κ2) is 4.84. The van der Waals surface area contributed by atoms with Crippen LogP contribution in [0.4, 0.5) is 0 Å². The Morgan fingerprint density at radius 1 is 1.27 bits per heavy atom. The Labute approximate surface area is 93.0 Å². The van der Waals surface area contributed by atoms with Crippen molar-refractivity contribution in [2.24, 2.45) is 5.92 Å². The van der Waals surface area contributed by atoms with E-state index in [9.17, 15) is 5.11 Å². The molecule has 0 saturated heterocycles. The van der Waals surface area contributed by atoms with Crippen LogP contribution in [0.5, 0.6) is 0 Å². The molecule has 2 saturated carbocycles. The molecule has 2 aliphatic carbocycles. The van der Waals surface area contributed by atoms with Crippen LogP contribution in [0.2, 0.25) is 0 Å². The maximum absolute atomic E-state index is 10.1. The number of aliphatic hydroxyl groups is 1. The summed E-state index contributed by atoms with van der Waals surface area (Å²) in [5, 5.41) is 10.1. The summed E-state index contributed by atoms with van der Waals surface area (Å²) in [6.45, 7) is 0. The first-order chi connectivity index (χ1) is 7.24. The summed E-state index contributed by atoms with van der Waals surface area (Å²) in [4.78, 5) is 0. The van der Waals surface area contributed by atoms with Crippen LogP contribution in [-0.4, -0.2) is 23.9 Å². The van der Waals surface area contributed by atoms with Crippen molar-refractivity contribution in [1.82, 2.24) is 0 Å². The molecule has 2 heteroatoms. The maximum Gasteiger partial charge on any atom is 0.0703 e. The first kappa shape index (κ1) is 11.4. The molecule has 2 aliphatic rings. The van der Waals surface area contributed by atoms with E-state index in [-0.39, 0.29) is 11.7 Å². The molecule has 1 unspecified atom stereocenters. The van der Waals surface area contributed by atoms with E-state index in [4.69, 9.17) is 4.74 Å². The van der Waals surface area contributed by atoms with Crippen molar-refractivity contribution in [3.8, 4) is 0 Å². The highest BCUT2D eigenvalue weighted by Gasteiger charge is 2.39. The van der Waals surface area contributed by atoms with E-state index in [2.05, 4.69) is 0 Å². The van der Waals surface area contributed by atoms with Crippen LogP contribution >= 0.6 is 0 Å². The molecule has 0 bridgehead atoms. The Morgan fingerprint density at radius 2 is 1.93 bits per heavy atom. The molecule has 0 amide bonds. The molecule has 0 aromatic heterocycles. The topological polar surface area (TPSA) is 29.5 Å². The Morgan fingerprint density at radius 3 is 2.40 bits per heavy atom. The minimum Gasteiger partial charge on any atom is -0.393 e. The van der Waals surface area contributed by atoms with Gasteiger partial charge in [-0.1, -0.05) is 25.7 Å². The van der Waals surface area contributed by atoms with Gasteiger partial charge in [0, 0.05) is 13.5 Å². The summed E-state index contributed by atoms with van der Waals surface area (Å²) in [5.74, 6) is 0.786. The summed E-state index contributed by atoms with van der Waals surface area (Å²) in [6, 6.07) is 0. The van der Waals surface area contributed by atoms with E-state index in [1.54, 1.807) is 7.11 Å². The van der Waals surface area contributed by atoms with Gasteiger partial charge in [0.1, 0.15) is 0 Å². The molecule has 1 N–H and O–H groups in total. The lowest BCUT2D eigenvalue weighted by atomic mass is 9.75. The van der Waals surface area contributed by atoms with E-state index in [0.717, 1.165) is 31.6 Å². The molecule has 0 heterocycles. The van der Waals surface area contributed by atoms with E-state index < -0.39 is 0 Å². The second-order valence-corrected chi connectivity index (χ2v) is 5.48. The molecule has 0 spiro atoms. The van der Waals surface area contributed by atoms with Crippen molar-refractivity contribution in [2.45, 2.75) is 69.5 Å². The third kappa shape index (κ3) is 2.73. The molecule has 0 aromatic rings. The van der Waals surface area contributed by atoms with Crippen LogP contribution in [0.3, 0.4) is 0 Å². The number of methoxy groups -OCH3 is 1. The highest BCUT2D eigenvalue weighted by atomic mass is 16.5. The van der Waals surface area contributed by atoms with Gasteiger partial charge in [-0.15, -0.1) is 0 Å². The molecule has 0 radical (unpaired) electrons. The Hall–Kier alpha value is -0.0800. The molecule has 1 atom stereocenters. The summed E-state index contributed by atoms with van der Waals surface area (Å²) >= 11 is 0. The van der Waals surface area contributed by atoms with E-state index in [1.807, 2.05) is 0 Å². The summed E-state index contributed by atoms with van der Waals surface area (Å²) in [5.41, 5.74) is 0.0397. The van der Waals surface area contributed by atoms with Crippen molar-refractivity contribution in [2.75, 3.05) is 7.11 Å². The van der Waals surface area contributed by atoms with Gasteiger partial charge in [-0.2, -0.15) is 0 Å². The van der Waals surface area contributed by atoms with Crippen LogP contribution in [0.15, 0.2) is 0 Å². The quantitative estimate of drug-likeness (QED) is 0.759. The fraction of sp³-hybridized carbons (Fsp3) is 1.00. The summed E-state index contributed by atoms with van der Waals surface area (Å²) in [6.07, 6.45) is 10.7. The van der Waals surface area contributed by atoms with Crippen molar-refractivity contribution >= 4 is 0 Å². The van der Waals surface area contributed by atoms with Crippen LogP contribution in [-0.2, 0) is 4.74 Å². The van der Waals surface area contributed by atoms with Gasteiger partial charge in [0.15, 0.2) is 0 Å². The third-order valence-electron chi connectivity index (χ3n) is 4.39. The molecule has 88 valence electrons. The van der Waals surface area contributed by atoms with E-state index in [1.165, 1.54) is 32.1 Å². The fourth-order valence-electron chi connectivity index (χ4n) is 3.21. The summed E-state index contributed by atoms with van der Waals surface area (Å²) < 4.78 is 5.55. The monoisotopic (exact) mass is 212 g/mol. The number of ether oxygens (including phenoxy) is 1. The lowest BCUT2D eigenvalue weighted by Crippen LogP contribution is -2.42. The smallest absolute Gasteiger partial charge is 0.0703 e. The molecule has 2 rings (SSSR count). The normalized spacial score (nSPS) is 27.6.